The molecule has 0 unspecified atom stereocenters. The van der Waals surface area contributed by atoms with Gasteiger partial charge in [0, 0.05) is 41.1 Å². The Balaban J connectivity index is 1.86. The molecule has 3 rings (SSSR count). The number of rotatable bonds is 5. The molecule has 0 spiro atoms. The molecule has 128 valence electrons. The lowest BCUT2D eigenvalue weighted by atomic mass is 9.54. The molecule has 24 heavy (non-hydrogen) atoms. The van der Waals surface area contributed by atoms with Crippen molar-refractivity contribution in [3.63, 3.8) is 0 Å². The third-order valence-electron chi connectivity index (χ3n) is 5.27. The molecule has 3 N–H and O–H groups in total. The molecule has 0 saturated heterocycles. The van der Waals surface area contributed by atoms with Crippen LogP contribution in [0.2, 0.25) is 0 Å². The number of carboxylic acids is 1. The van der Waals surface area contributed by atoms with Gasteiger partial charge >= 0.3 is 5.97 Å². The monoisotopic (exact) mass is 330 g/mol. The highest BCUT2D eigenvalue weighted by Crippen LogP contribution is 2.51. The van der Waals surface area contributed by atoms with Crippen LogP contribution in [-0.2, 0) is 9.53 Å². The van der Waals surface area contributed by atoms with Crippen molar-refractivity contribution in [3.05, 3.63) is 36.0 Å². The van der Waals surface area contributed by atoms with Gasteiger partial charge in [0.2, 0.25) is 0 Å². The van der Waals surface area contributed by atoms with Crippen LogP contribution < -0.4 is 5.32 Å². The average Bonchev–Trinajstić information content (AvgIpc) is 3.00. The first-order valence-electron chi connectivity index (χ1n) is 8.06. The Labute approximate surface area is 140 Å². The number of nitrogens with one attached hydrogen (secondary N) is 2. The number of carbonyl (C=O) groups excluding carboxylic acids is 1. The zero-order valence-electron chi connectivity index (χ0n) is 14.1. The van der Waals surface area contributed by atoms with Crippen LogP contribution in [0.4, 0.5) is 0 Å². The summed E-state index contributed by atoms with van der Waals surface area (Å²) in [4.78, 5) is 27.6. The Morgan fingerprint density at radius 2 is 2.12 bits per heavy atom. The van der Waals surface area contributed by atoms with E-state index >= 15 is 0 Å². The number of fused-ring (bicyclic) bond motifs is 1. The predicted molar refractivity (Wildman–Crippen MR) is 89.9 cm³/mol. The van der Waals surface area contributed by atoms with E-state index < -0.39 is 16.9 Å². The fraction of sp³-hybridized carbons (Fsp3) is 0.444. The number of hydrogen-bond donors (Lipinski definition) is 3. The number of aromatic amines is 1. The van der Waals surface area contributed by atoms with Crippen molar-refractivity contribution in [3.8, 4) is 0 Å². The van der Waals surface area contributed by atoms with Gasteiger partial charge in [0.1, 0.15) is 5.54 Å². The Morgan fingerprint density at radius 3 is 2.75 bits per heavy atom. The number of hydrogen-bond acceptors (Lipinski definition) is 3. The van der Waals surface area contributed by atoms with E-state index in [1.165, 1.54) is 0 Å². The molecule has 6 nitrogen and oxygen atoms in total. The number of aliphatic carboxylic acids is 1. The van der Waals surface area contributed by atoms with Crippen molar-refractivity contribution in [2.75, 3.05) is 6.61 Å². The molecular weight excluding hydrogens is 308 g/mol. The molecule has 1 saturated carbocycles. The van der Waals surface area contributed by atoms with Gasteiger partial charge in [-0.05, 0) is 31.2 Å². The maximum absolute atomic E-state index is 12.6. The van der Waals surface area contributed by atoms with Gasteiger partial charge < -0.3 is 20.1 Å². The summed E-state index contributed by atoms with van der Waals surface area (Å²) in [5, 5.41) is 13.4. The average molecular weight is 330 g/mol. The summed E-state index contributed by atoms with van der Waals surface area (Å²) in [6.07, 6.45) is 1.87. The topological polar surface area (TPSA) is 91.4 Å². The number of ether oxygens (including phenoxy) is 1. The van der Waals surface area contributed by atoms with Crippen molar-refractivity contribution >= 4 is 22.8 Å². The highest BCUT2D eigenvalue weighted by Gasteiger charge is 2.66. The molecule has 1 fully saturated rings. The first kappa shape index (κ1) is 16.5. The molecule has 1 aliphatic carbocycles. The van der Waals surface area contributed by atoms with Crippen molar-refractivity contribution in [2.45, 2.75) is 38.8 Å². The molecule has 6 heteroatoms. The summed E-state index contributed by atoms with van der Waals surface area (Å²) in [5.41, 5.74) is -0.641. The fourth-order valence-electron chi connectivity index (χ4n) is 3.50. The highest BCUT2D eigenvalue weighted by atomic mass is 16.5. The van der Waals surface area contributed by atoms with Crippen LogP contribution in [0.3, 0.4) is 0 Å². The molecule has 2 aromatic rings. The second-order valence-corrected chi connectivity index (χ2v) is 6.81. The molecule has 1 amide bonds. The van der Waals surface area contributed by atoms with Gasteiger partial charge in [0.15, 0.2) is 0 Å². The van der Waals surface area contributed by atoms with Crippen LogP contribution in [0.15, 0.2) is 30.5 Å². The van der Waals surface area contributed by atoms with E-state index in [-0.39, 0.29) is 18.4 Å². The summed E-state index contributed by atoms with van der Waals surface area (Å²) in [7, 11) is 0. The van der Waals surface area contributed by atoms with E-state index in [9.17, 15) is 14.7 Å². The first-order chi connectivity index (χ1) is 11.3. The van der Waals surface area contributed by atoms with Gasteiger partial charge in [0.05, 0.1) is 6.10 Å². The Morgan fingerprint density at radius 1 is 1.38 bits per heavy atom. The van der Waals surface area contributed by atoms with Crippen LogP contribution in [0.5, 0.6) is 0 Å². The minimum atomic E-state index is -1.32. The second kappa shape index (κ2) is 5.63. The molecule has 1 heterocycles. The zero-order valence-corrected chi connectivity index (χ0v) is 14.1. The molecule has 1 aromatic heterocycles. The standard InChI is InChI=1S/C18H22N2O4/c1-4-24-14-10-18(16(22)23,17(14,2)3)20-15(21)12-5-6-13-11(9-12)7-8-19-13/h5-9,14,19H,4,10H2,1-3H3,(H,20,21)(H,22,23)/t14-,18-/m0/s1. The van der Waals surface area contributed by atoms with E-state index in [1.54, 1.807) is 18.3 Å². The zero-order chi connectivity index (χ0) is 17.5. The number of carbonyl (C=O) groups is 2. The maximum atomic E-state index is 12.6. The maximum Gasteiger partial charge on any atom is 0.330 e. The molecule has 0 aliphatic heterocycles. The van der Waals surface area contributed by atoms with Crippen molar-refractivity contribution in [2.24, 2.45) is 5.41 Å². The van der Waals surface area contributed by atoms with Gasteiger partial charge in [-0.3, -0.25) is 4.79 Å². The predicted octanol–water partition coefficient (Wildman–Crippen LogP) is 2.56. The SMILES string of the molecule is CCO[C@H]1C[C@](NC(=O)c2ccc3[nH]ccc3c2)(C(=O)O)C1(C)C. The molecular formula is C18H22N2O4. The largest absolute Gasteiger partial charge is 0.479 e. The van der Waals surface area contributed by atoms with Crippen LogP contribution >= 0.6 is 0 Å². The summed E-state index contributed by atoms with van der Waals surface area (Å²) >= 11 is 0. The van der Waals surface area contributed by atoms with Gasteiger partial charge in [0.25, 0.3) is 5.91 Å². The molecule has 0 bridgehead atoms. The minimum Gasteiger partial charge on any atom is -0.479 e. The number of aromatic nitrogens is 1. The van der Waals surface area contributed by atoms with E-state index in [2.05, 4.69) is 10.3 Å². The van der Waals surface area contributed by atoms with Crippen LogP contribution in [0.25, 0.3) is 10.9 Å². The van der Waals surface area contributed by atoms with E-state index in [1.807, 2.05) is 32.9 Å². The molecule has 1 aliphatic rings. The second-order valence-electron chi connectivity index (χ2n) is 6.81. The van der Waals surface area contributed by atoms with E-state index in [0.29, 0.717) is 12.2 Å². The Kier molecular flexibility index (Phi) is 3.87. The minimum absolute atomic E-state index is 0.189. The summed E-state index contributed by atoms with van der Waals surface area (Å²) in [5.74, 6) is -1.41. The van der Waals surface area contributed by atoms with Crippen molar-refractivity contribution in [1.29, 1.82) is 0 Å². The third-order valence-corrected chi connectivity index (χ3v) is 5.27. The number of benzene rings is 1. The number of carboxylic acid groups (broad SMARTS) is 1. The fourth-order valence-corrected chi connectivity index (χ4v) is 3.50. The lowest BCUT2D eigenvalue weighted by Crippen LogP contribution is -2.76. The van der Waals surface area contributed by atoms with E-state index in [4.69, 9.17) is 4.74 Å². The van der Waals surface area contributed by atoms with Crippen molar-refractivity contribution in [1.82, 2.24) is 10.3 Å². The quantitative estimate of drug-likeness (QED) is 0.786. The van der Waals surface area contributed by atoms with Gasteiger partial charge in [-0.15, -0.1) is 0 Å². The summed E-state index contributed by atoms with van der Waals surface area (Å²) in [6.45, 7) is 6.03. The third kappa shape index (κ3) is 2.29. The van der Waals surface area contributed by atoms with Gasteiger partial charge in [-0.2, -0.15) is 0 Å². The Bertz CT molecular complexity index is 795. The van der Waals surface area contributed by atoms with E-state index in [0.717, 1.165) is 10.9 Å². The molecule has 0 radical (unpaired) electrons. The lowest BCUT2D eigenvalue weighted by Gasteiger charge is -2.58. The van der Waals surface area contributed by atoms with Gasteiger partial charge in [-0.25, -0.2) is 4.79 Å². The number of H-pyrrole nitrogens is 1. The highest BCUT2D eigenvalue weighted by molar-refractivity contribution is 6.01. The molecule has 2 atom stereocenters. The van der Waals surface area contributed by atoms with Crippen LogP contribution in [-0.4, -0.2) is 40.2 Å². The lowest BCUT2D eigenvalue weighted by molar-refractivity contribution is -0.190. The Hall–Kier alpha value is -2.34. The number of amides is 1. The molecule has 1 aromatic carbocycles. The van der Waals surface area contributed by atoms with Crippen LogP contribution in [0, 0.1) is 5.41 Å². The first-order valence-corrected chi connectivity index (χ1v) is 8.06. The normalized spacial score (nSPS) is 25.2. The van der Waals surface area contributed by atoms with Crippen LogP contribution in [0.1, 0.15) is 37.6 Å². The summed E-state index contributed by atoms with van der Waals surface area (Å²) in [6, 6.07) is 7.13. The van der Waals surface area contributed by atoms with Gasteiger partial charge in [-0.1, -0.05) is 13.8 Å². The smallest absolute Gasteiger partial charge is 0.330 e. The summed E-state index contributed by atoms with van der Waals surface area (Å²) < 4.78 is 5.61. The van der Waals surface area contributed by atoms with Crippen molar-refractivity contribution < 1.29 is 19.4 Å².